The van der Waals surface area contributed by atoms with Crippen LogP contribution in [0.2, 0.25) is 0 Å². The zero-order chi connectivity index (χ0) is 38.6. The molecule has 51 heavy (non-hydrogen) atoms. The quantitative estimate of drug-likeness (QED) is 0.166. The van der Waals surface area contributed by atoms with Crippen molar-refractivity contribution in [2.45, 2.75) is 123 Å². The predicted molar refractivity (Wildman–Crippen MR) is 194 cm³/mol. The number of rotatable bonds is 18. The number of nitro groups is 1. The molecule has 14 nitrogen and oxygen atoms in total. The first-order valence-electron chi connectivity index (χ1n) is 17.9. The van der Waals surface area contributed by atoms with E-state index in [4.69, 9.17) is 14.2 Å². The minimum absolute atomic E-state index is 0.00584. The second-order valence-corrected chi connectivity index (χ2v) is 14.9. The van der Waals surface area contributed by atoms with Crippen LogP contribution in [0.3, 0.4) is 0 Å². The molecule has 6 atom stereocenters. The van der Waals surface area contributed by atoms with E-state index in [1.54, 1.807) is 61.7 Å². The Morgan fingerprint density at radius 1 is 1.08 bits per heavy atom. The smallest absolute Gasteiger partial charge is 0.408 e. The number of amides is 4. The molecule has 0 saturated carbocycles. The number of hydrogen-bond donors (Lipinski definition) is 1. The van der Waals surface area contributed by atoms with E-state index in [9.17, 15) is 29.3 Å². The van der Waals surface area contributed by atoms with E-state index >= 15 is 0 Å². The molecule has 0 bridgehead atoms. The van der Waals surface area contributed by atoms with Crippen LogP contribution in [-0.4, -0.2) is 121 Å². The van der Waals surface area contributed by atoms with Crippen molar-refractivity contribution in [3.05, 3.63) is 39.9 Å². The average molecular weight is 720 g/mol. The summed E-state index contributed by atoms with van der Waals surface area (Å²) in [6.45, 7) is 13.9. The fourth-order valence-corrected chi connectivity index (χ4v) is 6.63. The number of likely N-dealkylation sites (tertiary alicyclic amines) is 1. The molecule has 1 fully saturated rings. The summed E-state index contributed by atoms with van der Waals surface area (Å²) < 4.78 is 17.2. The van der Waals surface area contributed by atoms with Crippen LogP contribution in [0.1, 0.15) is 86.1 Å². The SMILES string of the molecule is CC[C@H](C)[C@@H]([C@@H](CC(=O)N1CCC[C@H]1[C@@H](CC(=O)N(C)CCc1cccc([N+](=O)[O-])c1)OC)OC)N(C)C(=O)[C@@H](NC(=O)OC(C)(C)C)C(C)C. The van der Waals surface area contributed by atoms with Crippen LogP contribution >= 0.6 is 0 Å². The molecule has 1 aromatic carbocycles. The van der Waals surface area contributed by atoms with Crippen LogP contribution in [-0.2, 0) is 35.0 Å². The summed E-state index contributed by atoms with van der Waals surface area (Å²) >= 11 is 0. The Bertz CT molecular complexity index is 1330. The third-order valence-corrected chi connectivity index (χ3v) is 9.70. The molecule has 0 spiro atoms. The molecule has 1 heterocycles. The zero-order valence-corrected chi connectivity index (χ0v) is 32.5. The predicted octanol–water partition coefficient (Wildman–Crippen LogP) is 4.82. The van der Waals surface area contributed by atoms with E-state index in [0.29, 0.717) is 25.9 Å². The van der Waals surface area contributed by atoms with Crippen molar-refractivity contribution in [2.24, 2.45) is 11.8 Å². The first kappa shape index (κ1) is 43.4. The Morgan fingerprint density at radius 3 is 2.29 bits per heavy atom. The van der Waals surface area contributed by atoms with Crippen molar-refractivity contribution >= 4 is 29.5 Å². The Kier molecular flexibility index (Phi) is 16.8. The van der Waals surface area contributed by atoms with Crippen molar-refractivity contribution in [3.8, 4) is 0 Å². The van der Waals surface area contributed by atoms with Gasteiger partial charge in [0, 0.05) is 53.5 Å². The third kappa shape index (κ3) is 12.7. The number of hydrogen-bond acceptors (Lipinski definition) is 9. The van der Waals surface area contributed by atoms with Gasteiger partial charge < -0.3 is 34.2 Å². The van der Waals surface area contributed by atoms with Crippen molar-refractivity contribution in [1.82, 2.24) is 20.0 Å². The highest BCUT2D eigenvalue weighted by Gasteiger charge is 2.41. The standard InChI is InChI=1S/C37H61N5O9/c1-12-25(4)34(40(9)35(45)33(24(2)3)38-36(46)51-37(5,6)7)30(50-11)23-32(44)41-19-14-17-28(41)29(49-10)22-31(43)39(8)20-18-26-15-13-16-27(21-26)42(47)48/h13,15-16,21,24-25,28-30,33-34H,12,14,17-20,22-23H2,1-11H3,(H,38,46)/t25-,28-,29+,30+,33-,34-/m0/s1. The van der Waals surface area contributed by atoms with Crippen LogP contribution in [0.25, 0.3) is 0 Å². The molecule has 288 valence electrons. The lowest BCUT2D eigenvalue weighted by Gasteiger charge is -2.40. The maximum atomic E-state index is 14.0. The van der Waals surface area contributed by atoms with Crippen molar-refractivity contribution in [2.75, 3.05) is 41.4 Å². The molecule has 1 saturated heterocycles. The number of alkyl carbamates (subject to hydrolysis) is 1. The van der Waals surface area contributed by atoms with Crippen LogP contribution in [0.4, 0.5) is 10.5 Å². The number of methoxy groups -OCH3 is 2. The van der Waals surface area contributed by atoms with E-state index in [2.05, 4.69) is 5.32 Å². The molecule has 0 radical (unpaired) electrons. The number of ether oxygens (including phenoxy) is 3. The molecule has 1 aliphatic rings. The summed E-state index contributed by atoms with van der Waals surface area (Å²) in [4.78, 5) is 69.5. The van der Waals surface area contributed by atoms with Gasteiger partial charge in [-0.2, -0.15) is 0 Å². The van der Waals surface area contributed by atoms with Crippen molar-refractivity contribution in [1.29, 1.82) is 0 Å². The first-order chi connectivity index (χ1) is 23.8. The summed E-state index contributed by atoms with van der Waals surface area (Å²) in [5.41, 5.74) is 0.0377. The monoisotopic (exact) mass is 719 g/mol. The maximum Gasteiger partial charge on any atom is 0.408 e. The summed E-state index contributed by atoms with van der Waals surface area (Å²) in [7, 11) is 6.44. The second-order valence-electron chi connectivity index (χ2n) is 14.9. The number of likely N-dealkylation sites (N-methyl/N-ethyl adjacent to an activating group) is 2. The topological polar surface area (TPSA) is 161 Å². The first-order valence-corrected chi connectivity index (χ1v) is 17.9. The highest BCUT2D eigenvalue weighted by atomic mass is 16.6. The van der Waals surface area contributed by atoms with Gasteiger partial charge in [-0.1, -0.05) is 46.2 Å². The largest absolute Gasteiger partial charge is 0.444 e. The summed E-state index contributed by atoms with van der Waals surface area (Å²) in [6, 6.07) is 4.72. The van der Waals surface area contributed by atoms with Gasteiger partial charge >= 0.3 is 6.09 Å². The summed E-state index contributed by atoms with van der Waals surface area (Å²) in [5.74, 6) is -0.882. The van der Waals surface area contributed by atoms with Crippen LogP contribution in [0, 0.1) is 22.0 Å². The number of carbonyl (C=O) groups is 4. The van der Waals surface area contributed by atoms with Gasteiger partial charge in [-0.05, 0) is 57.4 Å². The fourth-order valence-electron chi connectivity index (χ4n) is 6.63. The molecule has 14 heteroatoms. The van der Waals surface area contributed by atoms with Gasteiger partial charge in [0.2, 0.25) is 17.7 Å². The van der Waals surface area contributed by atoms with Gasteiger partial charge in [-0.3, -0.25) is 24.5 Å². The lowest BCUT2D eigenvalue weighted by atomic mass is 9.89. The third-order valence-electron chi connectivity index (χ3n) is 9.70. The van der Waals surface area contributed by atoms with Gasteiger partial charge in [0.1, 0.15) is 11.6 Å². The molecule has 4 amide bonds. The average Bonchev–Trinajstić information content (AvgIpc) is 3.56. The number of nitrogens with one attached hydrogen (secondary N) is 1. The fraction of sp³-hybridized carbons (Fsp3) is 0.730. The maximum absolute atomic E-state index is 14.0. The molecule has 1 aromatic rings. The normalized spacial score (nSPS) is 17.6. The van der Waals surface area contributed by atoms with E-state index < -0.39 is 40.9 Å². The number of benzene rings is 1. The van der Waals surface area contributed by atoms with Crippen LogP contribution in [0.15, 0.2) is 24.3 Å². The van der Waals surface area contributed by atoms with Crippen molar-refractivity contribution in [3.63, 3.8) is 0 Å². The van der Waals surface area contributed by atoms with E-state index in [1.807, 2.05) is 27.7 Å². The number of carbonyl (C=O) groups excluding carboxylic acids is 4. The molecule has 0 aromatic heterocycles. The zero-order valence-electron chi connectivity index (χ0n) is 32.5. The van der Waals surface area contributed by atoms with E-state index in [0.717, 1.165) is 18.4 Å². The molecule has 0 unspecified atom stereocenters. The molecule has 1 aliphatic heterocycles. The van der Waals surface area contributed by atoms with Gasteiger partial charge in [0.15, 0.2) is 0 Å². The molecular formula is C37H61N5O9. The second kappa shape index (κ2) is 19.7. The number of non-ortho nitro benzene ring substituents is 1. The minimum Gasteiger partial charge on any atom is -0.444 e. The molecule has 2 rings (SSSR count). The van der Waals surface area contributed by atoms with Gasteiger partial charge in [-0.15, -0.1) is 0 Å². The van der Waals surface area contributed by atoms with Crippen LogP contribution < -0.4 is 5.32 Å². The highest BCUT2D eigenvalue weighted by molar-refractivity contribution is 5.86. The Hall–Kier alpha value is -3.78. The van der Waals surface area contributed by atoms with Gasteiger partial charge in [-0.25, -0.2) is 4.79 Å². The lowest BCUT2D eigenvalue weighted by Crippen LogP contribution is -2.58. The van der Waals surface area contributed by atoms with Crippen molar-refractivity contribution < 1.29 is 38.3 Å². The number of nitrogens with zero attached hydrogens (tertiary/aromatic N) is 4. The Labute approximate surface area is 303 Å². The van der Waals surface area contributed by atoms with Gasteiger partial charge in [0.25, 0.3) is 5.69 Å². The Balaban J connectivity index is 2.16. The molecule has 1 N–H and O–H groups in total. The Morgan fingerprint density at radius 2 is 1.75 bits per heavy atom. The lowest BCUT2D eigenvalue weighted by molar-refractivity contribution is -0.384. The summed E-state index contributed by atoms with van der Waals surface area (Å²) in [6.07, 6.45) is 0.827. The molecule has 0 aliphatic carbocycles. The van der Waals surface area contributed by atoms with Gasteiger partial charge in [0.05, 0.1) is 42.1 Å². The minimum atomic E-state index is -0.850. The molecular weight excluding hydrogens is 658 g/mol. The number of nitro benzene ring substituents is 1. The van der Waals surface area contributed by atoms with E-state index in [1.165, 1.54) is 26.4 Å². The highest BCUT2D eigenvalue weighted by Crippen LogP contribution is 2.28. The van der Waals surface area contributed by atoms with Crippen LogP contribution in [0.5, 0.6) is 0 Å². The van der Waals surface area contributed by atoms with E-state index in [-0.39, 0.29) is 54.1 Å². The summed E-state index contributed by atoms with van der Waals surface area (Å²) in [5, 5.41) is 13.9.